The fourth-order valence-corrected chi connectivity index (χ4v) is 2.91. The zero-order valence-corrected chi connectivity index (χ0v) is 13.2. The summed E-state index contributed by atoms with van der Waals surface area (Å²) in [4.78, 5) is 11.9. The number of aliphatic hydroxyl groups is 1. The van der Waals surface area contributed by atoms with Gasteiger partial charge >= 0.3 is 0 Å². The third-order valence-electron chi connectivity index (χ3n) is 4.38. The predicted molar refractivity (Wildman–Crippen MR) is 86.0 cm³/mol. The minimum atomic E-state index is -0.243. The van der Waals surface area contributed by atoms with Crippen molar-refractivity contribution in [2.45, 2.75) is 37.6 Å². The molecule has 0 radical (unpaired) electrons. The first-order valence-electron chi connectivity index (χ1n) is 7.93. The summed E-state index contributed by atoms with van der Waals surface area (Å²) >= 11 is 0. The Labute approximate surface area is 132 Å². The van der Waals surface area contributed by atoms with E-state index in [9.17, 15) is 9.90 Å². The molecule has 5 nitrogen and oxygen atoms in total. The molecule has 0 atom stereocenters. The van der Waals surface area contributed by atoms with Gasteiger partial charge in [0, 0.05) is 12.1 Å². The van der Waals surface area contributed by atoms with E-state index in [2.05, 4.69) is 10.6 Å². The lowest BCUT2D eigenvalue weighted by molar-refractivity contribution is -0.120. The Morgan fingerprint density at radius 2 is 1.95 bits per heavy atom. The molecule has 1 amide bonds. The Kier molecular flexibility index (Phi) is 6.21. The molecule has 1 aromatic rings. The van der Waals surface area contributed by atoms with Gasteiger partial charge in [0.05, 0.1) is 20.3 Å². The summed E-state index contributed by atoms with van der Waals surface area (Å²) in [5, 5.41) is 15.6. The van der Waals surface area contributed by atoms with Crippen LogP contribution in [0.15, 0.2) is 24.3 Å². The molecule has 0 aromatic heterocycles. The van der Waals surface area contributed by atoms with E-state index in [1.165, 1.54) is 0 Å². The van der Waals surface area contributed by atoms with Crippen LogP contribution in [0, 0.1) is 0 Å². The summed E-state index contributed by atoms with van der Waals surface area (Å²) < 4.78 is 5.11. The van der Waals surface area contributed by atoms with Crippen molar-refractivity contribution in [2.24, 2.45) is 0 Å². The molecule has 22 heavy (non-hydrogen) atoms. The number of carbonyl (C=O) groups excluding carboxylic acids is 1. The van der Waals surface area contributed by atoms with Crippen LogP contribution < -0.4 is 15.4 Å². The number of hydrogen-bond acceptors (Lipinski definition) is 4. The molecular formula is C17H26N2O3. The second kappa shape index (κ2) is 8.15. The average Bonchev–Trinajstić information content (AvgIpc) is 3.03. The van der Waals surface area contributed by atoms with Crippen LogP contribution in [0.25, 0.3) is 0 Å². The average molecular weight is 306 g/mol. The summed E-state index contributed by atoms with van der Waals surface area (Å²) in [6.45, 7) is 0.980. The van der Waals surface area contributed by atoms with Crippen molar-refractivity contribution in [3.63, 3.8) is 0 Å². The summed E-state index contributed by atoms with van der Waals surface area (Å²) in [5.74, 6) is 0.816. The molecule has 1 aliphatic rings. The van der Waals surface area contributed by atoms with Gasteiger partial charge < -0.3 is 20.5 Å². The van der Waals surface area contributed by atoms with Crippen molar-refractivity contribution in [2.75, 3.05) is 26.8 Å². The van der Waals surface area contributed by atoms with Crippen LogP contribution in [0.3, 0.4) is 0 Å². The van der Waals surface area contributed by atoms with E-state index in [1.54, 1.807) is 7.11 Å². The van der Waals surface area contributed by atoms with Crippen LogP contribution in [0.1, 0.15) is 31.2 Å². The number of ether oxygens (including phenoxy) is 1. The summed E-state index contributed by atoms with van der Waals surface area (Å²) in [5.41, 5.74) is 0.921. The topological polar surface area (TPSA) is 70.6 Å². The second-order valence-corrected chi connectivity index (χ2v) is 5.95. The molecule has 5 heteroatoms. The first-order chi connectivity index (χ1) is 10.7. The highest BCUT2D eigenvalue weighted by molar-refractivity contribution is 5.78. The molecule has 0 bridgehead atoms. The lowest BCUT2D eigenvalue weighted by Gasteiger charge is -2.27. The smallest absolute Gasteiger partial charge is 0.233 e. The minimum absolute atomic E-state index is 0.0202. The molecule has 2 rings (SSSR count). The minimum Gasteiger partial charge on any atom is -0.497 e. The molecule has 0 saturated heterocycles. The van der Waals surface area contributed by atoms with E-state index in [4.69, 9.17) is 4.74 Å². The Bertz CT molecular complexity index is 467. The van der Waals surface area contributed by atoms with Crippen LogP contribution in [-0.2, 0) is 11.2 Å². The zero-order chi connectivity index (χ0) is 15.8. The van der Waals surface area contributed by atoms with Crippen molar-refractivity contribution in [1.29, 1.82) is 0 Å². The zero-order valence-electron chi connectivity index (χ0n) is 13.2. The monoisotopic (exact) mass is 306 g/mol. The van der Waals surface area contributed by atoms with Gasteiger partial charge in [0.1, 0.15) is 5.75 Å². The molecule has 1 aromatic carbocycles. The van der Waals surface area contributed by atoms with Gasteiger partial charge in [0.2, 0.25) is 5.91 Å². The van der Waals surface area contributed by atoms with Crippen molar-refractivity contribution < 1.29 is 14.6 Å². The summed E-state index contributed by atoms with van der Waals surface area (Å²) in [6, 6.07) is 7.85. The maximum absolute atomic E-state index is 11.9. The Balaban J connectivity index is 1.66. The second-order valence-electron chi connectivity index (χ2n) is 5.95. The maximum atomic E-state index is 11.9. The van der Waals surface area contributed by atoms with Gasteiger partial charge in [0.25, 0.3) is 0 Å². The van der Waals surface area contributed by atoms with Gasteiger partial charge in [-0.25, -0.2) is 0 Å². The van der Waals surface area contributed by atoms with Gasteiger partial charge in [0.15, 0.2) is 0 Å². The van der Waals surface area contributed by atoms with E-state index in [-0.39, 0.29) is 24.6 Å². The third-order valence-corrected chi connectivity index (χ3v) is 4.38. The van der Waals surface area contributed by atoms with Crippen molar-refractivity contribution in [1.82, 2.24) is 10.6 Å². The molecule has 3 N–H and O–H groups in total. The molecule has 0 heterocycles. The van der Waals surface area contributed by atoms with Gasteiger partial charge in [-0.2, -0.15) is 0 Å². The van der Waals surface area contributed by atoms with Gasteiger partial charge in [-0.15, -0.1) is 0 Å². The molecule has 1 aliphatic carbocycles. The quantitative estimate of drug-likeness (QED) is 0.676. The van der Waals surface area contributed by atoms with E-state index in [1.807, 2.05) is 24.3 Å². The third kappa shape index (κ3) is 4.71. The maximum Gasteiger partial charge on any atom is 0.233 e. The molecule has 0 spiro atoms. The largest absolute Gasteiger partial charge is 0.497 e. The Morgan fingerprint density at radius 3 is 2.55 bits per heavy atom. The van der Waals surface area contributed by atoms with Crippen LogP contribution >= 0.6 is 0 Å². The lowest BCUT2D eigenvalue weighted by Crippen LogP contribution is -2.50. The standard InChI is InChI=1S/C17H26N2O3/c1-22-15-6-4-14(5-7-15)8-11-18-16(21)12-19-17(13-20)9-2-3-10-17/h4-7,19-20H,2-3,8-13H2,1H3,(H,18,21). The van der Waals surface area contributed by atoms with Crippen LogP contribution in [0.4, 0.5) is 0 Å². The Hall–Kier alpha value is -1.59. The van der Waals surface area contributed by atoms with Gasteiger partial charge in [-0.3, -0.25) is 4.79 Å². The number of methoxy groups -OCH3 is 1. The van der Waals surface area contributed by atoms with E-state index < -0.39 is 0 Å². The molecule has 1 fully saturated rings. The van der Waals surface area contributed by atoms with Crippen molar-refractivity contribution in [3.8, 4) is 5.75 Å². The molecule has 1 saturated carbocycles. The number of amides is 1. The summed E-state index contributed by atoms with van der Waals surface area (Å²) in [6.07, 6.45) is 4.92. The number of nitrogens with one attached hydrogen (secondary N) is 2. The van der Waals surface area contributed by atoms with Crippen LogP contribution in [0.5, 0.6) is 5.75 Å². The van der Waals surface area contributed by atoms with E-state index >= 15 is 0 Å². The van der Waals surface area contributed by atoms with Gasteiger partial charge in [-0.05, 0) is 37.0 Å². The highest BCUT2D eigenvalue weighted by Crippen LogP contribution is 2.28. The normalized spacial score (nSPS) is 16.5. The fraction of sp³-hybridized carbons (Fsp3) is 0.588. The fourth-order valence-electron chi connectivity index (χ4n) is 2.91. The van der Waals surface area contributed by atoms with Crippen molar-refractivity contribution >= 4 is 5.91 Å². The number of carbonyl (C=O) groups is 1. The number of benzene rings is 1. The Morgan fingerprint density at radius 1 is 1.27 bits per heavy atom. The molecule has 0 aliphatic heterocycles. The number of hydrogen-bond donors (Lipinski definition) is 3. The van der Waals surface area contributed by atoms with E-state index in [0.717, 1.165) is 43.4 Å². The summed E-state index contributed by atoms with van der Waals surface area (Å²) in [7, 11) is 1.64. The lowest BCUT2D eigenvalue weighted by atomic mass is 9.99. The number of rotatable bonds is 8. The molecule has 0 unspecified atom stereocenters. The first kappa shape index (κ1) is 16.8. The molecule has 122 valence electrons. The van der Waals surface area contributed by atoms with Crippen molar-refractivity contribution in [3.05, 3.63) is 29.8 Å². The SMILES string of the molecule is COc1ccc(CCNC(=O)CNC2(CO)CCCC2)cc1. The highest BCUT2D eigenvalue weighted by Gasteiger charge is 2.32. The predicted octanol–water partition coefficient (Wildman–Crippen LogP) is 1.25. The van der Waals surface area contributed by atoms with Crippen LogP contribution in [-0.4, -0.2) is 43.4 Å². The molecular weight excluding hydrogens is 280 g/mol. The van der Waals surface area contributed by atoms with Gasteiger partial charge in [-0.1, -0.05) is 25.0 Å². The number of aliphatic hydroxyl groups excluding tert-OH is 1. The van der Waals surface area contributed by atoms with E-state index in [0.29, 0.717) is 6.54 Å². The highest BCUT2D eigenvalue weighted by atomic mass is 16.5. The van der Waals surface area contributed by atoms with Crippen LogP contribution in [0.2, 0.25) is 0 Å². The first-order valence-corrected chi connectivity index (χ1v) is 7.93.